The zero-order valence-corrected chi connectivity index (χ0v) is 14.9. The van der Waals surface area contributed by atoms with E-state index in [0.29, 0.717) is 12.5 Å². The van der Waals surface area contributed by atoms with E-state index in [1.54, 1.807) is 0 Å². The van der Waals surface area contributed by atoms with Crippen LogP contribution in [0.15, 0.2) is 30.3 Å². The lowest BCUT2D eigenvalue weighted by Crippen LogP contribution is -2.25. The summed E-state index contributed by atoms with van der Waals surface area (Å²) in [5, 5.41) is 14.7. The number of aromatic nitrogens is 2. The van der Waals surface area contributed by atoms with Crippen LogP contribution in [-0.4, -0.2) is 28.0 Å². The number of hydrogen-bond donors (Lipinski definition) is 2. The smallest absolute Gasteiger partial charge is 0.353 e. The van der Waals surface area contributed by atoms with E-state index in [4.69, 9.17) is 5.73 Å². The van der Waals surface area contributed by atoms with Gasteiger partial charge in [-0.25, -0.2) is 0 Å². The first-order chi connectivity index (χ1) is 12.5. The summed E-state index contributed by atoms with van der Waals surface area (Å²) in [6.45, 7) is 0.584. The molecule has 3 N–H and O–H groups in total. The molecule has 1 aromatic heterocycles. The molecule has 2 aromatic rings. The molecule has 0 atom stereocenters. The first-order valence-corrected chi connectivity index (χ1v) is 8.88. The molecule has 1 heterocycles. The highest BCUT2D eigenvalue weighted by molar-refractivity contribution is 5.70. The Kier molecular flexibility index (Phi) is 5.50. The molecule has 0 bridgehead atoms. The summed E-state index contributed by atoms with van der Waals surface area (Å²) < 4.78 is 0. The first-order valence-electron chi connectivity index (χ1n) is 8.88. The number of nitrogens with zero attached hydrogens (tertiary/aromatic N) is 4. The molecular weight excluding hydrogens is 332 g/mol. The lowest BCUT2D eigenvalue weighted by Gasteiger charge is -2.24. The number of anilines is 3. The molecule has 1 aromatic carbocycles. The monoisotopic (exact) mass is 356 g/mol. The standard InChI is InChI=1S/C18H24N6O2/c1-23(12-13-8-4-2-5-9-13)18-21-16(19)15(24(25)26)17(22-18)20-14-10-6-3-7-11-14/h2,4-5,8-9,14H,3,6-7,10-12H2,1H3,(H3,19,20,21,22). The van der Waals surface area contributed by atoms with Crippen LogP contribution >= 0.6 is 0 Å². The summed E-state index contributed by atoms with van der Waals surface area (Å²) >= 11 is 0. The molecule has 138 valence electrons. The minimum Gasteiger partial charge on any atom is -0.378 e. The van der Waals surface area contributed by atoms with Gasteiger partial charge in [0.2, 0.25) is 17.6 Å². The number of nitrogen functional groups attached to an aromatic ring is 1. The Morgan fingerprint density at radius 2 is 1.92 bits per heavy atom. The van der Waals surface area contributed by atoms with Gasteiger partial charge in [-0.15, -0.1) is 0 Å². The number of nitrogens with one attached hydrogen (secondary N) is 1. The van der Waals surface area contributed by atoms with Crippen LogP contribution in [0.25, 0.3) is 0 Å². The largest absolute Gasteiger partial charge is 0.378 e. The summed E-state index contributed by atoms with van der Waals surface area (Å²) in [6, 6.07) is 10.1. The molecule has 0 aliphatic heterocycles. The maximum absolute atomic E-state index is 11.4. The molecule has 0 unspecified atom stereocenters. The van der Waals surface area contributed by atoms with Gasteiger partial charge in [0.25, 0.3) is 0 Å². The second-order valence-electron chi connectivity index (χ2n) is 6.68. The molecule has 8 nitrogen and oxygen atoms in total. The van der Waals surface area contributed by atoms with Gasteiger partial charge < -0.3 is 16.0 Å². The van der Waals surface area contributed by atoms with Gasteiger partial charge in [-0.2, -0.15) is 9.97 Å². The van der Waals surface area contributed by atoms with Gasteiger partial charge in [0.15, 0.2) is 0 Å². The van der Waals surface area contributed by atoms with Gasteiger partial charge in [-0.05, 0) is 18.4 Å². The van der Waals surface area contributed by atoms with E-state index in [1.807, 2.05) is 42.3 Å². The molecule has 1 aliphatic rings. The third-order valence-corrected chi connectivity index (χ3v) is 4.63. The molecule has 0 spiro atoms. The molecular formula is C18H24N6O2. The van der Waals surface area contributed by atoms with Crippen molar-refractivity contribution in [2.24, 2.45) is 0 Å². The van der Waals surface area contributed by atoms with E-state index in [-0.39, 0.29) is 23.4 Å². The molecule has 1 fully saturated rings. The number of nitrogens with two attached hydrogens (primary N) is 1. The van der Waals surface area contributed by atoms with E-state index < -0.39 is 4.92 Å². The lowest BCUT2D eigenvalue weighted by molar-refractivity contribution is -0.383. The van der Waals surface area contributed by atoms with Crippen molar-refractivity contribution in [3.8, 4) is 0 Å². The molecule has 3 rings (SSSR count). The van der Waals surface area contributed by atoms with Crippen molar-refractivity contribution in [3.63, 3.8) is 0 Å². The van der Waals surface area contributed by atoms with Crippen molar-refractivity contribution in [2.45, 2.75) is 44.7 Å². The van der Waals surface area contributed by atoms with Gasteiger partial charge in [0.1, 0.15) is 0 Å². The predicted molar refractivity (Wildman–Crippen MR) is 102 cm³/mol. The fraction of sp³-hybridized carbons (Fsp3) is 0.444. The molecule has 26 heavy (non-hydrogen) atoms. The molecule has 0 amide bonds. The number of rotatable bonds is 6. The summed E-state index contributed by atoms with van der Waals surface area (Å²) in [5.41, 5.74) is 6.75. The predicted octanol–water partition coefficient (Wildman–Crippen LogP) is 3.35. The van der Waals surface area contributed by atoms with Gasteiger partial charge in [0.05, 0.1) is 4.92 Å². The fourth-order valence-corrected chi connectivity index (χ4v) is 3.28. The Balaban J connectivity index is 1.87. The second-order valence-corrected chi connectivity index (χ2v) is 6.68. The van der Waals surface area contributed by atoms with E-state index in [2.05, 4.69) is 15.3 Å². The molecule has 8 heteroatoms. The van der Waals surface area contributed by atoms with Crippen molar-refractivity contribution >= 4 is 23.3 Å². The average Bonchev–Trinajstić information content (AvgIpc) is 2.62. The van der Waals surface area contributed by atoms with E-state index in [1.165, 1.54) is 6.42 Å². The van der Waals surface area contributed by atoms with Crippen LogP contribution in [0.3, 0.4) is 0 Å². The van der Waals surface area contributed by atoms with Crippen LogP contribution in [0, 0.1) is 10.1 Å². The third kappa shape index (κ3) is 4.19. The van der Waals surface area contributed by atoms with Gasteiger partial charge in [0, 0.05) is 19.6 Å². The fourth-order valence-electron chi connectivity index (χ4n) is 3.28. The molecule has 1 aliphatic carbocycles. The number of nitro groups is 1. The topological polar surface area (TPSA) is 110 Å². The van der Waals surface area contributed by atoms with Crippen LogP contribution in [0.2, 0.25) is 0 Å². The maximum Gasteiger partial charge on any atom is 0.353 e. The summed E-state index contributed by atoms with van der Waals surface area (Å²) in [6.07, 6.45) is 5.41. The highest BCUT2D eigenvalue weighted by Gasteiger charge is 2.26. The Hall–Kier alpha value is -2.90. The Morgan fingerprint density at radius 3 is 2.58 bits per heavy atom. The Morgan fingerprint density at radius 1 is 1.23 bits per heavy atom. The SMILES string of the molecule is CN(Cc1ccccc1)c1nc(N)c([N+](=O)[O-])c(NC2CCCCC2)n1. The highest BCUT2D eigenvalue weighted by Crippen LogP contribution is 2.32. The maximum atomic E-state index is 11.4. The molecule has 1 saturated carbocycles. The van der Waals surface area contributed by atoms with Gasteiger partial charge in [-0.1, -0.05) is 49.6 Å². The van der Waals surface area contributed by atoms with Crippen LogP contribution in [-0.2, 0) is 6.54 Å². The molecule has 0 saturated heterocycles. The van der Waals surface area contributed by atoms with Crippen LogP contribution in [0.5, 0.6) is 0 Å². The quantitative estimate of drug-likeness (QED) is 0.603. The van der Waals surface area contributed by atoms with E-state index in [0.717, 1.165) is 31.2 Å². The Bertz CT molecular complexity index is 762. The average molecular weight is 356 g/mol. The minimum absolute atomic E-state index is 0.113. The minimum atomic E-state index is -0.512. The highest BCUT2D eigenvalue weighted by atomic mass is 16.6. The van der Waals surface area contributed by atoms with Gasteiger partial charge >= 0.3 is 5.69 Å². The summed E-state index contributed by atoms with van der Waals surface area (Å²) in [5.74, 6) is 0.470. The lowest BCUT2D eigenvalue weighted by atomic mass is 9.95. The number of hydrogen-bond acceptors (Lipinski definition) is 7. The first kappa shape index (κ1) is 17.9. The van der Waals surface area contributed by atoms with E-state index >= 15 is 0 Å². The third-order valence-electron chi connectivity index (χ3n) is 4.63. The van der Waals surface area contributed by atoms with E-state index in [9.17, 15) is 10.1 Å². The van der Waals surface area contributed by atoms with Crippen molar-refractivity contribution in [1.29, 1.82) is 0 Å². The molecule has 0 radical (unpaired) electrons. The van der Waals surface area contributed by atoms with Crippen molar-refractivity contribution in [2.75, 3.05) is 23.0 Å². The van der Waals surface area contributed by atoms with Crippen molar-refractivity contribution in [3.05, 3.63) is 46.0 Å². The van der Waals surface area contributed by atoms with Crippen molar-refractivity contribution in [1.82, 2.24) is 9.97 Å². The van der Waals surface area contributed by atoms with Crippen molar-refractivity contribution < 1.29 is 4.92 Å². The normalized spacial score (nSPS) is 14.8. The second kappa shape index (κ2) is 7.99. The van der Waals surface area contributed by atoms with Crippen LogP contribution < -0.4 is 16.0 Å². The van der Waals surface area contributed by atoms with Crippen LogP contribution in [0.4, 0.5) is 23.3 Å². The summed E-state index contributed by atoms with van der Waals surface area (Å²) in [4.78, 5) is 21.4. The zero-order valence-electron chi connectivity index (χ0n) is 14.9. The Labute approximate surface area is 152 Å². The van der Waals surface area contributed by atoms with Gasteiger partial charge in [-0.3, -0.25) is 10.1 Å². The number of benzene rings is 1. The summed E-state index contributed by atoms with van der Waals surface area (Å²) in [7, 11) is 1.85. The van der Waals surface area contributed by atoms with Crippen LogP contribution in [0.1, 0.15) is 37.7 Å². The zero-order chi connectivity index (χ0) is 18.5.